The zero-order chi connectivity index (χ0) is 20.9. The Hall–Kier alpha value is -2.26. The maximum atomic E-state index is 12.3. The molecule has 1 aromatic carbocycles. The number of nitrogens with zero attached hydrogens (tertiary/aromatic N) is 1. The van der Waals surface area contributed by atoms with E-state index >= 15 is 0 Å². The van der Waals surface area contributed by atoms with Crippen LogP contribution in [0.2, 0.25) is 0 Å². The van der Waals surface area contributed by atoms with Gasteiger partial charge < -0.3 is 4.74 Å². The lowest BCUT2D eigenvalue weighted by Gasteiger charge is -2.19. The monoisotopic (exact) mass is 410 g/mol. The molecule has 0 unspecified atom stereocenters. The van der Waals surface area contributed by atoms with E-state index in [0.29, 0.717) is 19.4 Å². The molecule has 1 aromatic rings. The van der Waals surface area contributed by atoms with Gasteiger partial charge in [0.1, 0.15) is 0 Å². The lowest BCUT2D eigenvalue weighted by molar-refractivity contribution is -0.154. The van der Waals surface area contributed by atoms with Crippen molar-refractivity contribution in [1.82, 2.24) is 9.62 Å². The van der Waals surface area contributed by atoms with Gasteiger partial charge in [-0.2, -0.15) is 0 Å². The third kappa shape index (κ3) is 5.87. The smallest absolute Gasteiger partial charge is 0.307 e. The average molecular weight is 410 g/mol. The summed E-state index contributed by atoms with van der Waals surface area (Å²) < 4.78 is 31.7. The van der Waals surface area contributed by atoms with Gasteiger partial charge in [0.2, 0.25) is 15.9 Å². The van der Waals surface area contributed by atoms with Crippen LogP contribution in [0.15, 0.2) is 29.2 Å². The summed E-state index contributed by atoms with van der Waals surface area (Å²) >= 11 is 0. The van der Waals surface area contributed by atoms with Gasteiger partial charge in [-0.05, 0) is 29.5 Å². The zero-order valence-electron chi connectivity index (χ0n) is 16.4. The molecule has 154 valence electrons. The van der Waals surface area contributed by atoms with E-state index in [2.05, 4.69) is 4.72 Å². The van der Waals surface area contributed by atoms with Crippen molar-refractivity contribution in [2.45, 2.75) is 50.3 Å². The van der Waals surface area contributed by atoms with Gasteiger partial charge in [0.15, 0.2) is 6.61 Å². The molecule has 1 fully saturated rings. The molecular formula is C19H26N2O6S. The first-order valence-electron chi connectivity index (χ1n) is 9.10. The van der Waals surface area contributed by atoms with E-state index < -0.39 is 28.5 Å². The molecule has 0 spiro atoms. The lowest BCUT2D eigenvalue weighted by atomic mass is 9.87. The Balaban J connectivity index is 1.79. The second-order valence-electron chi connectivity index (χ2n) is 7.63. The molecule has 0 aromatic heterocycles. The van der Waals surface area contributed by atoms with Gasteiger partial charge in [-0.3, -0.25) is 19.3 Å². The fourth-order valence-electron chi connectivity index (χ4n) is 2.71. The summed E-state index contributed by atoms with van der Waals surface area (Å²) in [7, 11) is -3.75. The summed E-state index contributed by atoms with van der Waals surface area (Å²) in [5.74, 6) is -1.55. The molecule has 1 aliphatic rings. The van der Waals surface area contributed by atoms with E-state index in [4.69, 9.17) is 4.74 Å². The van der Waals surface area contributed by atoms with Crippen LogP contribution < -0.4 is 4.72 Å². The minimum atomic E-state index is -3.75. The number of imide groups is 1. The molecule has 1 heterocycles. The second-order valence-corrected chi connectivity index (χ2v) is 9.39. The number of likely N-dealkylation sites (tertiary alicyclic amines) is 1. The fraction of sp³-hybridized carbons (Fsp3) is 0.526. The Morgan fingerprint density at radius 1 is 1.18 bits per heavy atom. The van der Waals surface area contributed by atoms with Crippen LogP contribution >= 0.6 is 0 Å². The van der Waals surface area contributed by atoms with Gasteiger partial charge in [-0.25, -0.2) is 13.1 Å². The molecule has 1 N–H and O–H groups in total. The third-order valence-corrected chi connectivity index (χ3v) is 5.86. The third-order valence-electron chi connectivity index (χ3n) is 4.38. The summed E-state index contributed by atoms with van der Waals surface area (Å²) in [5, 5.41) is 0. The van der Waals surface area contributed by atoms with Gasteiger partial charge in [-0.1, -0.05) is 32.9 Å². The quantitative estimate of drug-likeness (QED) is 0.680. The van der Waals surface area contributed by atoms with Gasteiger partial charge in [-0.15, -0.1) is 0 Å². The highest BCUT2D eigenvalue weighted by molar-refractivity contribution is 7.89. The second kappa shape index (κ2) is 8.83. The van der Waals surface area contributed by atoms with Crippen molar-refractivity contribution in [3.05, 3.63) is 29.8 Å². The topological polar surface area (TPSA) is 110 Å². The molecule has 0 aliphatic carbocycles. The van der Waals surface area contributed by atoms with Crippen LogP contribution in [0.1, 0.15) is 45.6 Å². The van der Waals surface area contributed by atoms with E-state index in [0.717, 1.165) is 10.5 Å². The molecule has 0 radical (unpaired) electrons. The number of nitrogens with one attached hydrogen (secondary N) is 1. The highest BCUT2D eigenvalue weighted by Gasteiger charge is 2.27. The molecule has 8 nitrogen and oxygen atoms in total. The molecule has 0 atom stereocenters. The summed E-state index contributed by atoms with van der Waals surface area (Å²) in [5.41, 5.74) is 0.924. The van der Waals surface area contributed by atoms with Crippen LogP contribution in [-0.4, -0.2) is 50.8 Å². The van der Waals surface area contributed by atoms with Crippen molar-refractivity contribution < 1.29 is 27.5 Å². The molecule has 9 heteroatoms. The van der Waals surface area contributed by atoms with E-state index in [1.165, 1.54) is 12.1 Å². The van der Waals surface area contributed by atoms with Gasteiger partial charge in [0.05, 0.1) is 11.3 Å². The largest absolute Gasteiger partial charge is 0.456 e. The highest BCUT2D eigenvalue weighted by atomic mass is 32.2. The van der Waals surface area contributed by atoms with Crippen LogP contribution in [0.5, 0.6) is 0 Å². The first-order chi connectivity index (χ1) is 13.0. The Morgan fingerprint density at radius 3 is 2.36 bits per heavy atom. The predicted octanol–water partition coefficient (Wildman–Crippen LogP) is 1.34. The molecule has 2 amide bonds. The Kier molecular flexibility index (Phi) is 6.95. The molecule has 1 saturated heterocycles. The SMILES string of the molecule is CC(C)(C)c1ccc(S(=O)(=O)NCCC(=O)OCC(=O)N2CCCC2=O)cc1. The van der Waals surface area contributed by atoms with Crippen molar-refractivity contribution in [2.24, 2.45) is 0 Å². The average Bonchev–Trinajstić information content (AvgIpc) is 3.05. The van der Waals surface area contributed by atoms with Crippen LogP contribution in [0.3, 0.4) is 0 Å². The van der Waals surface area contributed by atoms with Crippen LogP contribution in [0.4, 0.5) is 0 Å². The number of carbonyl (C=O) groups excluding carboxylic acids is 3. The van der Waals surface area contributed by atoms with Crippen LogP contribution in [0, 0.1) is 0 Å². The van der Waals surface area contributed by atoms with E-state index in [1.807, 2.05) is 20.8 Å². The first-order valence-corrected chi connectivity index (χ1v) is 10.6. The fourth-order valence-corrected chi connectivity index (χ4v) is 3.74. The molecule has 2 rings (SSSR count). The van der Waals surface area contributed by atoms with Crippen LogP contribution in [-0.2, 0) is 34.6 Å². The number of rotatable bonds is 7. The number of hydrogen-bond acceptors (Lipinski definition) is 6. The number of hydrogen-bond donors (Lipinski definition) is 1. The highest BCUT2D eigenvalue weighted by Crippen LogP contribution is 2.23. The molecule has 28 heavy (non-hydrogen) atoms. The number of carbonyl (C=O) groups is 3. The normalized spacial score (nSPS) is 15.0. The Bertz CT molecular complexity index is 840. The predicted molar refractivity (Wildman–Crippen MR) is 102 cm³/mol. The summed E-state index contributed by atoms with van der Waals surface area (Å²) in [6.07, 6.45) is 0.704. The van der Waals surface area contributed by atoms with Crippen molar-refractivity contribution in [3.8, 4) is 0 Å². The molecular weight excluding hydrogens is 384 g/mol. The maximum absolute atomic E-state index is 12.3. The van der Waals surface area contributed by atoms with Crippen molar-refractivity contribution in [1.29, 1.82) is 0 Å². The summed E-state index contributed by atoms with van der Waals surface area (Å²) in [4.78, 5) is 36.1. The Morgan fingerprint density at radius 2 is 1.82 bits per heavy atom. The molecule has 0 bridgehead atoms. The Labute approximate surface area is 165 Å². The number of amides is 2. The number of sulfonamides is 1. The summed E-state index contributed by atoms with van der Waals surface area (Å²) in [6, 6.07) is 6.56. The van der Waals surface area contributed by atoms with E-state index in [1.54, 1.807) is 12.1 Å². The zero-order valence-corrected chi connectivity index (χ0v) is 17.2. The van der Waals surface area contributed by atoms with Gasteiger partial charge in [0, 0.05) is 19.5 Å². The van der Waals surface area contributed by atoms with Crippen molar-refractivity contribution in [2.75, 3.05) is 19.7 Å². The summed E-state index contributed by atoms with van der Waals surface area (Å²) in [6.45, 7) is 5.76. The maximum Gasteiger partial charge on any atom is 0.307 e. The number of ether oxygens (including phenoxy) is 1. The van der Waals surface area contributed by atoms with E-state index in [-0.39, 0.29) is 29.2 Å². The number of esters is 1. The van der Waals surface area contributed by atoms with E-state index in [9.17, 15) is 22.8 Å². The van der Waals surface area contributed by atoms with Crippen molar-refractivity contribution >= 4 is 27.8 Å². The molecule has 1 aliphatic heterocycles. The van der Waals surface area contributed by atoms with Crippen LogP contribution in [0.25, 0.3) is 0 Å². The standard InChI is InChI=1S/C19H26N2O6S/c1-19(2,3)14-6-8-15(9-7-14)28(25,26)20-11-10-18(24)27-13-17(23)21-12-4-5-16(21)22/h6-9,20H,4-5,10-13H2,1-3H3. The number of benzene rings is 1. The minimum absolute atomic E-state index is 0.0867. The van der Waals surface area contributed by atoms with Gasteiger partial charge in [0.25, 0.3) is 5.91 Å². The minimum Gasteiger partial charge on any atom is -0.456 e. The molecule has 0 saturated carbocycles. The lowest BCUT2D eigenvalue weighted by Crippen LogP contribution is -2.35. The first kappa shape index (κ1) is 22.0. The van der Waals surface area contributed by atoms with Crippen molar-refractivity contribution in [3.63, 3.8) is 0 Å². The van der Waals surface area contributed by atoms with Gasteiger partial charge >= 0.3 is 5.97 Å².